The number of nitrogens with one attached hydrogen (secondary N) is 1. The lowest BCUT2D eigenvalue weighted by Gasteiger charge is -2.22. The predicted octanol–water partition coefficient (Wildman–Crippen LogP) is 3.37. The molecule has 0 amide bonds. The van der Waals surface area contributed by atoms with E-state index < -0.39 is 0 Å². The van der Waals surface area contributed by atoms with Gasteiger partial charge in [0.1, 0.15) is 12.0 Å². The van der Waals surface area contributed by atoms with Crippen LogP contribution in [0.3, 0.4) is 0 Å². The predicted molar refractivity (Wildman–Crippen MR) is 77.0 cm³/mol. The molecule has 4 nitrogen and oxygen atoms in total. The summed E-state index contributed by atoms with van der Waals surface area (Å²) in [5.41, 5.74) is 1.01. The normalized spacial score (nSPS) is 20.0. The maximum atomic E-state index is 6.17. The van der Waals surface area contributed by atoms with Crippen LogP contribution in [0.2, 0.25) is 5.02 Å². The smallest absolute Gasteiger partial charge is 0.235 e. The van der Waals surface area contributed by atoms with Crippen molar-refractivity contribution in [2.75, 3.05) is 13.1 Å². The lowest BCUT2D eigenvalue weighted by atomic mass is 10.0. The van der Waals surface area contributed by atoms with Crippen molar-refractivity contribution in [3.8, 4) is 5.75 Å². The van der Waals surface area contributed by atoms with E-state index in [2.05, 4.69) is 10.3 Å². The van der Waals surface area contributed by atoms with Gasteiger partial charge in [-0.1, -0.05) is 11.6 Å². The van der Waals surface area contributed by atoms with Gasteiger partial charge in [-0.15, -0.1) is 0 Å². The number of rotatable bonds is 4. The van der Waals surface area contributed by atoms with E-state index in [1.807, 2.05) is 25.1 Å². The molecule has 1 aliphatic rings. The Morgan fingerprint density at radius 1 is 1.50 bits per heavy atom. The summed E-state index contributed by atoms with van der Waals surface area (Å²) in [5, 5.41) is 4.07. The Labute approximate surface area is 123 Å². The van der Waals surface area contributed by atoms with Crippen molar-refractivity contribution in [3.05, 3.63) is 47.1 Å². The number of nitrogens with zero attached hydrogens (tertiary/aromatic N) is 1. The van der Waals surface area contributed by atoms with Crippen molar-refractivity contribution in [1.29, 1.82) is 0 Å². The van der Waals surface area contributed by atoms with Crippen LogP contribution >= 0.6 is 11.6 Å². The number of aromatic nitrogens is 1. The molecule has 0 spiro atoms. The summed E-state index contributed by atoms with van der Waals surface area (Å²) in [7, 11) is 0. The fourth-order valence-electron chi connectivity index (χ4n) is 2.54. The van der Waals surface area contributed by atoms with E-state index in [1.54, 1.807) is 12.5 Å². The monoisotopic (exact) mass is 292 g/mol. The van der Waals surface area contributed by atoms with Gasteiger partial charge in [0, 0.05) is 17.5 Å². The summed E-state index contributed by atoms with van der Waals surface area (Å²) in [4.78, 5) is 4.26. The van der Waals surface area contributed by atoms with Crippen LogP contribution in [0.1, 0.15) is 24.0 Å². The highest BCUT2D eigenvalue weighted by molar-refractivity contribution is 6.30. The van der Waals surface area contributed by atoms with Crippen LogP contribution in [0.4, 0.5) is 0 Å². The maximum absolute atomic E-state index is 6.17. The first-order chi connectivity index (χ1) is 9.74. The molecule has 1 fully saturated rings. The molecule has 2 heterocycles. The molecule has 1 N–H and O–H groups in total. The molecule has 2 atom stereocenters. The van der Waals surface area contributed by atoms with Gasteiger partial charge >= 0.3 is 0 Å². The molecule has 1 aromatic carbocycles. The van der Waals surface area contributed by atoms with Crippen LogP contribution in [0.15, 0.2) is 35.1 Å². The topological polar surface area (TPSA) is 47.3 Å². The number of oxazole rings is 1. The van der Waals surface area contributed by atoms with E-state index in [0.29, 0.717) is 16.8 Å². The van der Waals surface area contributed by atoms with Crippen LogP contribution in [0, 0.1) is 12.8 Å². The van der Waals surface area contributed by atoms with Gasteiger partial charge < -0.3 is 14.5 Å². The molecular weight excluding hydrogens is 276 g/mol. The van der Waals surface area contributed by atoms with Crippen molar-refractivity contribution in [1.82, 2.24) is 10.3 Å². The van der Waals surface area contributed by atoms with Gasteiger partial charge in [0.05, 0.1) is 6.20 Å². The van der Waals surface area contributed by atoms with Crippen LogP contribution in [-0.2, 0) is 0 Å². The Kier molecular flexibility index (Phi) is 3.94. The van der Waals surface area contributed by atoms with Crippen molar-refractivity contribution in [2.24, 2.45) is 5.92 Å². The summed E-state index contributed by atoms with van der Waals surface area (Å²) in [5.74, 6) is 1.82. The molecule has 3 rings (SSSR count). The van der Waals surface area contributed by atoms with Gasteiger partial charge in [-0.3, -0.25) is 0 Å². The highest BCUT2D eigenvalue weighted by atomic mass is 35.5. The zero-order chi connectivity index (χ0) is 13.9. The molecule has 2 unspecified atom stereocenters. The molecule has 20 heavy (non-hydrogen) atoms. The minimum absolute atomic E-state index is 0.167. The van der Waals surface area contributed by atoms with E-state index in [1.165, 1.54) is 0 Å². The average molecular weight is 293 g/mol. The number of aryl methyl sites for hydroxylation is 1. The molecule has 2 aromatic rings. The second kappa shape index (κ2) is 5.85. The van der Waals surface area contributed by atoms with E-state index >= 15 is 0 Å². The lowest BCUT2D eigenvalue weighted by Crippen LogP contribution is -2.22. The quantitative estimate of drug-likeness (QED) is 0.938. The van der Waals surface area contributed by atoms with Crippen molar-refractivity contribution in [2.45, 2.75) is 19.4 Å². The summed E-state index contributed by atoms with van der Waals surface area (Å²) in [6, 6.07) is 5.63. The van der Waals surface area contributed by atoms with Crippen LogP contribution < -0.4 is 10.1 Å². The molecule has 0 aliphatic carbocycles. The molecule has 1 aliphatic heterocycles. The molecule has 106 valence electrons. The Bertz CT molecular complexity index is 565. The van der Waals surface area contributed by atoms with Gasteiger partial charge in [-0.25, -0.2) is 4.98 Å². The Balaban J connectivity index is 1.86. The van der Waals surface area contributed by atoms with Crippen LogP contribution in [-0.4, -0.2) is 18.1 Å². The fraction of sp³-hybridized carbons (Fsp3) is 0.400. The summed E-state index contributed by atoms with van der Waals surface area (Å²) < 4.78 is 11.6. The molecule has 5 heteroatoms. The first kappa shape index (κ1) is 13.5. The molecular formula is C15H17ClN2O2. The van der Waals surface area contributed by atoms with Crippen molar-refractivity contribution in [3.63, 3.8) is 0 Å². The number of hydrogen-bond donors (Lipinski definition) is 1. The van der Waals surface area contributed by atoms with Gasteiger partial charge in [0.25, 0.3) is 0 Å². The number of halogens is 1. The number of hydrogen-bond acceptors (Lipinski definition) is 4. The summed E-state index contributed by atoms with van der Waals surface area (Å²) in [6.07, 6.45) is 4.13. The molecule has 0 bridgehead atoms. The Morgan fingerprint density at radius 2 is 2.40 bits per heavy atom. The zero-order valence-electron chi connectivity index (χ0n) is 11.3. The van der Waals surface area contributed by atoms with E-state index in [0.717, 1.165) is 30.8 Å². The molecule has 1 saturated heterocycles. The van der Waals surface area contributed by atoms with E-state index in [-0.39, 0.29) is 6.10 Å². The van der Waals surface area contributed by atoms with Gasteiger partial charge in [0.2, 0.25) is 5.89 Å². The van der Waals surface area contributed by atoms with Gasteiger partial charge in [-0.2, -0.15) is 0 Å². The van der Waals surface area contributed by atoms with Gasteiger partial charge in [-0.05, 0) is 43.7 Å². The Hall–Kier alpha value is -1.52. The number of benzene rings is 1. The standard InChI is InChI=1S/C15H17ClN2O2/c1-10-8-12(16)2-3-13(10)20-14(11-4-5-17-9-11)15-18-6-7-19-15/h2-3,6-8,11,14,17H,4-5,9H2,1H3. The maximum Gasteiger partial charge on any atom is 0.235 e. The third-order valence-corrected chi connectivity index (χ3v) is 3.85. The second-order valence-electron chi connectivity index (χ2n) is 5.07. The third-order valence-electron chi connectivity index (χ3n) is 3.61. The highest BCUT2D eigenvalue weighted by Gasteiger charge is 2.31. The Morgan fingerprint density at radius 3 is 3.05 bits per heavy atom. The minimum atomic E-state index is -0.167. The zero-order valence-corrected chi connectivity index (χ0v) is 12.1. The molecule has 1 aromatic heterocycles. The summed E-state index contributed by atoms with van der Waals surface area (Å²) in [6.45, 7) is 3.91. The van der Waals surface area contributed by atoms with Crippen LogP contribution in [0.25, 0.3) is 0 Å². The third kappa shape index (κ3) is 2.81. The van der Waals surface area contributed by atoms with Crippen LogP contribution in [0.5, 0.6) is 5.75 Å². The largest absolute Gasteiger partial charge is 0.480 e. The molecule has 0 radical (unpaired) electrons. The first-order valence-corrected chi connectivity index (χ1v) is 7.15. The van der Waals surface area contributed by atoms with Crippen molar-refractivity contribution < 1.29 is 9.15 Å². The average Bonchev–Trinajstić information content (AvgIpc) is 3.11. The summed E-state index contributed by atoms with van der Waals surface area (Å²) >= 11 is 5.98. The lowest BCUT2D eigenvalue weighted by molar-refractivity contribution is 0.113. The van der Waals surface area contributed by atoms with E-state index in [4.69, 9.17) is 20.8 Å². The SMILES string of the molecule is Cc1cc(Cl)ccc1OC(c1ncco1)C1CCNC1. The number of ether oxygens (including phenoxy) is 1. The fourth-order valence-corrected chi connectivity index (χ4v) is 2.77. The van der Waals surface area contributed by atoms with Gasteiger partial charge in [0.15, 0.2) is 6.10 Å². The first-order valence-electron chi connectivity index (χ1n) is 6.77. The van der Waals surface area contributed by atoms with E-state index in [9.17, 15) is 0 Å². The molecule has 0 saturated carbocycles. The highest BCUT2D eigenvalue weighted by Crippen LogP contribution is 2.33. The second-order valence-corrected chi connectivity index (χ2v) is 5.51. The van der Waals surface area contributed by atoms with Crippen molar-refractivity contribution >= 4 is 11.6 Å². The minimum Gasteiger partial charge on any atom is -0.480 e.